The molecule has 1 aromatic heterocycles. The minimum atomic E-state index is -0.862. The molecule has 5 heteroatoms. The second kappa shape index (κ2) is 13.4. The summed E-state index contributed by atoms with van der Waals surface area (Å²) in [4.78, 5) is 8.91. The molecule has 0 radical (unpaired) electrons. The molecular weight excluding hydrogens is 388 g/mol. The fourth-order valence-corrected chi connectivity index (χ4v) is 4.57. The Morgan fingerprint density at radius 3 is 1.90 bits per heavy atom. The first-order chi connectivity index (χ1) is 14.5. The van der Waals surface area contributed by atoms with Crippen molar-refractivity contribution < 1.29 is 9.47 Å². The van der Waals surface area contributed by atoms with Crippen molar-refractivity contribution in [3.05, 3.63) is 36.7 Å². The van der Waals surface area contributed by atoms with Gasteiger partial charge < -0.3 is 9.47 Å². The third-order valence-corrected chi connectivity index (χ3v) is 6.95. The van der Waals surface area contributed by atoms with Gasteiger partial charge in [-0.2, -0.15) is 0 Å². The number of unbranched alkanes of at least 4 members (excludes halogenated alkanes) is 6. The van der Waals surface area contributed by atoms with Crippen molar-refractivity contribution in [2.75, 3.05) is 13.2 Å². The second-order valence-electron chi connectivity index (χ2n) is 9.25. The largest absolute Gasteiger partial charge is 0.494 e. The minimum Gasteiger partial charge on any atom is -0.494 e. The number of rotatable bonds is 15. The highest BCUT2D eigenvalue weighted by molar-refractivity contribution is 6.76. The highest BCUT2D eigenvalue weighted by atomic mass is 28.3. The van der Waals surface area contributed by atoms with Crippen molar-refractivity contribution in [1.29, 1.82) is 0 Å². The Labute approximate surface area is 184 Å². The lowest BCUT2D eigenvalue weighted by molar-refractivity contribution is 0.302. The van der Waals surface area contributed by atoms with Gasteiger partial charge in [-0.15, -0.1) is 0 Å². The van der Waals surface area contributed by atoms with Crippen molar-refractivity contribution in [3.8, 4) is 22.9 Å². The van der Waals surface area contributed by atoms with Gasteiger partial charge >= 0.3 is 0 Å². The summed E-state index contributed by atoms with van der Waals surface area (Å²) in [7, 11) is -0.862. The van der Waals surface area contributed by atoms with Gasteiger partial charge in [-0.1, -0.05) is 71.1 Å². The maximum Gasteiger partial charge on any atom is 0.159 e. The van der Waals surface area contributed by atoms with Crippen LogP contribution in [0.25, 0.3) is 11.4 Å². The fourth-order valence-electron chi connectivity index (χ4n) is 3.26. The Bertz CT molecular complexity index is 697. The number of ether oxygens (including phenoxy) is 2. The molecular formula is C25H40N2O2Si. The van der Waals surface area contributed by atoms with Crippen molar-refractivity contribution in [2.24, 2.45) is 0 Å². The van der Waals surface area contributed by atoms with Gasteiger partial charge in [0.25, 0.3) is 0 Å². The van der Waals surface area contributed by atoms with Gasteiger partial charge in [-0.25, -0.2) is 9.97 Å². The van der Waals surface area contributed by atoms with E-state index in [4.69, 9.17) is 9.47 Å². The van der Waals surface area contributed by atoms with E-state index in [-0.39, 0.29) is 0 Å². The molecule has 1 heterocycles. The molecule has 0 fully saturated rings. The normalized spacial score (nSPS) is 11.5. The van der Waals surface area contributed by atoms with E-state index >= 15 is 0 Å². The number of nitrogens with zero attached hydrogens (tertiary/aromatic N) is 2. The molecule has 0 spiro atoms. The molecule has 0 unspecified atom stereocenters. The van der Waals surface area contributed by atoms with Crippen LogP contribution in [0.4, 0.5) is 0 Å². The molecule has 166 valence electrons. The van der Waals surface area contributed by atoms with Crippen LogP contribution in [-0.2, 0) is 0 Å². The molecule has 1 aromatic carbocycles. The highest BCUT2D eigenvalue weighted by Crippen LogP contribution is 2.21. The maximum atomic E-state index is 5.80. The van der Waals surface area contributed by atoms with Crippen LogP contribution >= 0.6 is 0 Å². The maximum absolute atomic E-state index is 5.80. The molecule has 0 N–H and O–H groups in total. The topological polar surface area (TPSA) is 44.2 Å². The summed E-state index contributed by atoms with van der Waals surface area (Å²) >= 11 is 0. The van der Waals surface area contributed by atoms with E-state index in [0.717, 1.165) is 43.1 Å². The smallest absolute Gasteiger partial charge is 0.159 e. The van der Waals surface area contributed by atoms with Crippen molar-refractivity contribution in [1.82, 2.24) is 9.97 Å². The third-order valence-electron chi connectivity index (χ3n) is 5.10. The molecule has 0 aliphatic heterocycles. The van der Waals surface area contributed by atoms with Crippen molar-refractivity contribution in [2.45, 2.75) is 84.0 Å². The monoisotopic (exact) mass is 428 g/mol. The predicted octanol–water partition coefficient (Wildman–Crippen LogP) is 7.38. The molecule has 0 atom stereocenters. The SMILES string of the molecule is CCCCCOc1ccc(-c2ncc(OCCCCCCC[Si](C)(C)C)cn2)cc1. The van der Waals surface area contributed by atoms with Gasteiger partial charge in [-0.05, 0) is 37.1 Å². The lowest BCUT2D eigenvalue weighted by Gasteiger charge is -2.14. The number of hydrogen-bond donors (Lipinski definition) is 0. The summed E-state index contributed by atoms with van der Waals surface area (Å²) in [5.74, 6) is 2.35. The highest BCUT2D eigenvalue weighted by Gasteiger charge is 2.11. The Morgan fingerprint density at radius 1 is 0.700 bits per heavy atom. The Balaban J connectivity index is 1.65. The lowest BCUT2D eigenvalue weighted by atomic mass is 10.2. The lowest BCUT2D eigenvalue weighted by Crippen LogP contribution is -2.18. The number of hydrogen-bond acceptors (Lipinski definition) is 4. The summed E-state index contributed by atoms with van der Waals surface area (Å²) in [5, 5.41) is 0. The Hall–Kier alpha value is -1.88. The summed E-state index contributed by atoms with van der Waals surface area (Å²) < 4.78 is 11.6. The van der Waals surface area contributed by atoms with Crippen molar-refractivity contribution >= 4 is 8.07 Å². The molecule has 0 aliphatic rings. The van der Waals surface area contributed by atoms with Gasteiger partial charge in [0.1, 0.15) is 5.75 Å². The predicted molar refractivity (Wildman–Crippen MR) is 129 cm³/mol. The average molecular weight is 429 g/mol. The quantitative estimate of drug-likeness (QED) is 0.219. The Kier molecular flexibility index (Phi) is 10.9. The average Bonchev–Trinajstić information content (AvgIpc) is 2.73. The molecule has 0 amide bonds. The van der Waals surface area contributed by atoms with E-state index in [1.54, 1.807) is 12.4 Å². The number of benzene rings is 1. The van der Waals surface area contributed by atoms with Crippen molar-refractivity contribution in [3.63, 3.8) is 0 Å². The van der Waals surface area contributed by atoms with Crippen LogP contribution < -0.4 is 9.47 Å². The third kappa shape index (κ3) is 10.2. The van der Waals surface area contributed by atoms with Gasteiger partial charge in [0, 0.05) is 13.6 Å². The summed E-state index contributed by atoms with van der Waals surface area (Å²) in [6.45, 7) is 11.1. The molecule has 2 aromatic rings. The molecule has 2 rings (SSSR count). The van der Waals surface area contributed by atoms with E-state index in [1.165, 1.54) is 44.6 Å². The zero-order valence-corrected chi connectivity index (χ0v) is 20.5. The van der Waals surface area contributed by atoms with Crippen LogP contribution in [0.3, 0.4) is 0 Å². The number of aromatic nitrogens is 2. The van der Waals surface area contributed by atoms with Gasteiger partial charge in [0.2, 0.25) is 0 Å². The van der Waals surface area contributed by atoms with E-state index in [9.17, 15) is 0 Å². The van der Waals surface area contributed by atoms with Crippen LogP contribution in [0.1, 0.15) is 58.3 Å². The van der Waals surface area contributed by atoms with E-state index in [1.807, 2.05) is 24.3 Å². The molecule has 0 saturated carbocycles. The van der Waals surface area contributed by atoms with E-state index < -0.39 is 8.07 Å². The summed E-state index contributed by atoms with van der Waals surface area (Å²) in [6.07, 6.45) is 13.4. The van der Waals surface area contributed by atoms with Crippen LogP contribution in [0.2, 0.25) is 25.7 Å². The zero-order chi connectivity index (χ0) is 21.7. The van der Waals surface area contributed by atoms with Crippen LogP contribution in [0.15, 0.2) is 36.7 Å². The van der Waals surface area contributed by atoms with Crippen LogP contribution in [0, 0.1) is 0 Å². The zero-order valence-electron chi connectivity index (χ0n) is 19.5. The first-order valence-corrected chi connectivity index (χ1v) is 15.4. The van der Waals surface area contributed by atoms with Crippen LogP contribution in [-0.4, -0.2) is 31.3 Å². The standard InChI is InChI=1S/C25H40N2O2Si/c1-5-6-10-17-28-23-15-13-22(14-16-23)25-26-20-24(21-27-25)29-18-11-8-7-9-12-19-30(2,3)4/h13-16,20-21H,5-12,17-19H2,1-4H3. The first-order valence-electron chi connectivity index (χ1n) is 11.7. The van der Waals surface area contributed by atoms with Crippen LogP contribution in [0.5, 0.6) is 11.5 Å². The molecule has 0 aliphatic carbocycles. The van der Waals surface area contributed by atoms with E-state index in [2.05, 4.69) is 36.5 Å². The first kappa shape index (κ1) is 24.4. The Morgan fingerprint density at radius 2 is 1.27 bits per heavy atom. The molecule has 4 nitrogen and oxygen atoms in total. The van der Waals surface area contributed by atoms with E-state index in [0.29, 0.717) is 5.82 Å². The van der Waals surface area contributed by atoms with Gasteiger partial charge in [0.05, 0.1) is 25.6 Å². The molecule has 30 heavy (non-hydrogen) atoms. The second-order valence-corrected chi connectivity index (χ2v) is 14.9. The van der Waals surface area contributed by atoms with Gasteiger partial charge in [-0.3, -0.25) is 0 Å². The molecule has 0 bridgehead atoms. The van der Waals surface area contributed by atoms with Gasteiger partial charge in [0.15, 0.2) is 11.6 Å². The fraction of sp³-hybridized carbons (Fsp3) is 0.600. The summed E-state index contributed by atoms with van der Waals surface area (Å²) in [5.41, 5.74) is 0.987. The molecule has 0 saturated heterocycles. The summed E-state index contributed by atoms with van der Waals surface area (Å²) in [6, 6.07) is 9.43. The minimum absolute atomic E-state index is 0.710.